The maximum Gasteiger partial charge on any atom is 0.318 e. The van der Waals surface area contributed by atoms with Crippen LogP contribution in [0.4, 0.5) is 0 Å². The van der Waals surface area contributed by atoms with Crippen LogP contribution in [0.5, 0.6) is 0 Å². The minimum atomic E-state index is -1.33. The largest absolute Gasteiger partial charge is 0.480 e. The fourth-order valence-corrected chi connectivity index (χ4v) is 2.73. The Hall–Kier alpha value is -0.710. The average Bonchev–Trinajstić information content (AvgIpc) is 2.27. The number of thioether (sulfide) groups is 1. The molecule has 0 aromatic rings. The molecule has 1 aliphatic heterocycles. The van der Waals surface area contributed by atoms with E-state index >= 15 is 0 Å². The van der Waals surface area contributed by atoms with Crippen molar-refractivity contribution in [2.45, 2.75) is 38.4 Å². The van der Waals surface area contributed by atoms with Gasteiger partial charge in [-0.2, -0.15) is 11.8 Å². The Morgan fingerprint density at radius 3 is 2.62 bits per heavy atom. The highest BCUT2D eigenvalue weighted by molar-refractivity contribution is 7.99. The molecular weight excluding hydrogens is 226 g/mol. The molecule has 1 atom stereocenters. The van der Waals surface area contributed by atoms with E-state index in [0.717, 1.165) is 12.2 Å². The SMILES string of the molecule is CC(C)(C(=O)O)C(=O)NCC1CCCCS1. The Labute approximate surface area is 100 Å². The number of rotatable bonds is 4. The highest BCUT2D eigenvalue weighted by atomic mass is 32.2. The van der Waals surface area contributed by atoms with E-state index in [0.29, 0.717) is 11.8 Å². The first-order valence-corrected chi connectivity index (χ1v) is 6.63. The molecule has 5 heteroatoms. The number of hydrogen-bond donors (Lipinski definition) is 2. The highest BCUT2D eigenvalue weighted by Gasteiger charge is 2.36. The topological polar surface area (TPSA) is 66.4 Å². The molecule has 1 rings (SSSR count). The number of amides is 1. The van der Waals surface area contributed by atoms with Crippen molar-refractivity contribution in [1.82, 2.24) is 5.32 Å². The third-order valence-electron chi connectivity index (χ3n) is 2.87. The van der Waals surface area contributed by atoms with Crippen molar-refractivity contribution in [1.29, 1.82) is 0 Å². The second-order valence-electron chi connectivity index (χ2n) is 4.63. The van der Waals surface area contributed by atoms with Crippen molar-refractivity contribution in [3.05, 3.63) is 0 Å². The van der Waals surface area contributed by atoms with Gasteiger partial charge in [0.25, 0.3) is 0 Å². The molecule has 4 nitrogen and oxygen atoms in total. The summed E-state index contributed by atoms with van der Waals surface area (Å²) in [7, 11) is 0. The number of carboxylic acid groups (broad SMARTS) is 1. The summed E-state index contributed by atoms with van der Waals surface area (Å²) in [5.74, 6) is -0.337. The smallest absolute Gasteiger partial charge is 0.318 e. The van der Waals surface area contributed by atoms with Crippen molar-refractivity contribution < 1.29 is 14.7 Å². The van der Waals surface area contributed by atoms with Gasteiger partial charge in [-0.3, -0.25) is 9.59 Å². The molecule has 1 amide bonds. The Balaban J connectivity index is 2.37. The summed E-state index contributed by atoms with van der Waals surface area (Å²) in [4.78, 5) is 22.5. The number of carboxylic acids is 1. The zero-order chi connectivity index (χ0) is 12.2. The Morgan fingerprint density at radius 1 is 1.44 bits per heavy atom. The van der Waals surface area contributed by atoms with Crippen LogP contribution in [0.2, 0.25) is 0 Å². The van der Waals surface area contributed by atoms with E-state index in [-0.39, 0.29) is 0 Å². The number of nitrogens with one attached hydrogen (secondary N) is 1. The van der Waals surface area contributed by atoms with Gasteiger partial charge in [-0.15, -0.1) is 0 Å². The molecule has 16 heavy (non-hydrogen) atoms. The molecule has 0 aromatic carbocycles. The van der Waals surface area contributed by atoms with Crippen LogP contribution in [-0.4, -0.2) is 34.5 Å². The number of hydrogen-bond acceptors (Lipinski definition) is 3. The van der Waals surface area contributed by atoms with E-state index in [1.165, 1.54) is 26.7 Å². The predicted octanol–water partition coefficient (Wildman–Crippen LogP) is 1.50. The molecule has 1 aliphatic rings. The first-order valence-electron chi connectivity index (χ1n) is 5.58. The predicted molar refractivity (Wildman–Crippen MR) is 64.5 cm³/mol. The zero-order valence-electron chi connectivity index (χ0n) is 9.78. The second-order valence-corrected chi connectivity index (χ2v) is 6.04. The molecule has 1 unspecified atom stereocenters. The minimum absolute atomic E-state index is 0.397. The van der Waals surface area contributed by atoms with Crippen molar-refractivity contribution in [3.63, 3.8) is 0 Å². The number of carbonyl (C=O) groups excluding carboxylic acids is 1. The van der Waals surface area contributed by atoms with Crippen LogP contribution in [0.25, 0.3) is 0 Å². The first kappa shape index (κ1) is 13.4. The maximum atomic E-state index is 11.6. The van der Waals surface area contributed by atoms with Crippen LogP contribution in [0.1, 0.15) is 33.1 Å². The maximum absolute atomic E-state index is 11.6. The fourth-order valence-electron chi connectivity index (χ4n) is 1.49. The molecule has 1 fully saturated rings. The summed E-state index contributed by atoms with van der Waals surface area (Å²) >= 11 is 1.86. The summed E-state index contributed by atoms with van der Waals surface area (Å²) in [6.45, 7) is 3.44. The monoisotopic (exact) mass is 245 g/mol. The molecule has 0 saturated carbocycles. The summed E-state index contributed by atoms with van der Waals surface area (Å²) < 4.78 is 0. The molecule has 1 heterocycles. The molecule has 1 saturated heterocycles. The average molecular weight is 245 g/mol. The van der Waals surface area contributed by atoms with Crippen LogP contribution in [-0.2, 0) is 9.59 Å². The third kappa shape index (κ3) is 3.40. The van der Waals surface area contributed by atoms with Gasteiger partial charge in [-0.25, -0.2) is 0 Å². The van der Waals surface area contributed by atoms with Crippen LogP contribution < -0.4 is 5.32 Å². The van der Waals surface area contributed by atoms with Crippen LogP contribution in [0.3, 0.4) is 0 Å². The Morgan fingerprint density at radius 2 is 2.12 bits per heavy atom. The van der Waals surface area contributed by atoms with Crippen molar-refractivity contribution in [2.75, 3.05) is 12.3 Å². The molecule has 2 N–H and O–H groups in total. The molecule has 0 radical (unpaired) electrons. The molecule has 0 aromatic heterocycles. The molecule has 0 aliphatic carbocycles. The van der Waals surface area contributed by atoms with E-state index in [9.17, 15) is 9.59 Å². The lowest BCUT2D eigenvalue weighted by atomic mass is 9.92. The number of aliphatic carboxylic acids is 1. The highest BCUT2D eigenvalue weighted by Crippen LogP contribution is 2.24. The van der Waals surface area contributed by atoms with E-state index in [1.807, 2.05) is 11.8 Å². The van der Waals surface area contributed by atoms with Gasteiger partial charge in [-0.05, 0) is 32.4 Å². The van der Waals surface area contributed by atoms with Gasteiger partial charge in [0, 0.05) is 11.8 Å². The van der Waals surface area contributed by atoms with Crippen LogP contribution in [0.15, 0.2) is 0 Å². The fraction of sp³-hybridized carbons (Fsp3) is 0.818. The molecule has 0 bridgehead atoms. The lowest BCUT2D eigenvalue weighted by molar-refractivity contribution is -0.153. The standard InChI is InChI=1S/C11H19NO3S/c1-11(2,10(14)15)9(13)12-7-8-5-3-4-6-16-8/h8H,3-7H2,1-2H3,(H,12,13)(H,14,15). The van der Waals surface area contributed by atoms with E-state index in [2.05, 4.69) is 5.32 Å². The van der Waals surface area contributed by atoms with Gasteiger partial charge in [0.1, 0.15) is 5.41 Å². The zero-order valence-corrected chi connectivity index (χ0v) is 10.6. The van der Waals surface area contributed by atoms with Crippen molar-refractivity contribution in [2.24, 2.45) is 5.41 Å². The van der Waals surface area contributed by atoms with Gasteiger partial charge in [0.2, 0.25) is 5.91 Å². The second kappa shape index (κ2) is 5.57. The lowest BCUT2D eigenvalue weighted by Gasteiger charge is -2.24. The lowest BCUT2D eigenvalue weighted by Crippen LogP contribution is -2.44. The summed E-state index contributed by atoms with van der Waals surface area (Å²) in [6, 6.07) is 0. The van der Waals surface area contributed by atoms with Crippen molar-refractivity contribution in [3.8, 4) is 0 Å². The number of carbonyl (C=O) groups is 2. The van der Waals surface area contributed by atoms with Gasteiger partial charge in [-0.1, -0.05) is 6.42 Å². The molecule has 92 valence electrons. The van der Waals surface area contributed by atoms with E-state index in [4.69, 9.17) is 5.11 Å². The summed E-state index contributed by atoms with van der Waals surface area (Å²) in [5, 5.41) is 12.1. The van der Waals surface area contributed by atoms with Crippen LogP contribution >= 0.6 is 11.8 Å². The normalized spacial score (nSPS) is 21.5. The first-order chi connectivity index (χ1) is 7.44. The van der Waals surface area contributed by atoms with Gasteiger partial charge < -0.3 is 10.4 Å². The van der Waals surface area contributed by atoms with Gasteiger partial charge in [0.15, 0.2) is 0 Å². The van der Waals surface area contributed by atoms with Gasteiger partial charge >= 0.3 is 5.97 Å². The Bertz CT molecular complexity index is 272. The van der Waals surface area contributed by atoms with Crippen molar-refractivity contribution >= 4 is 23.6 Å². The van der Waals surface area contributed by atoms with Crippen LogP contribution in [0, 0.1) is 5.41 Å². The quantitative estimate of drug-likeness (QED) is 0.737. The molecular formula is C11H19NO3S. The minimum Gasteiger partial charge on any atom is -0.480 e. The summed E-state index contributed by atoms with van der Waals surface area (Å²) in [5.41, 5.74) is -1.33. The third-order valence-corrected chi connectivity index (χ3v) is 4.26. The van der Waals surface area contributed by atoms with Gasteiger partial charge in [0.05, 0.1) is 0 Å². The van der Waals surface area contributed by atoms with E-state index < -0.39 is 17.3 Å². The van der Waals surface area contributed by atoms with E-state index in [1.54, 1.807) is 0 Å². The molecule has 0 spiro atoms. The Kier molecular flexibility index (Phi) is 4.65. The summed E-state index contributed by atoms with van der Waals surface area (Å²) in [6.07, 6.45) is 3.56.